The normalized spacial score (nSPS) is 10.3. The molecule has 0 aliphatic carbocycles. The third kappa shape index (κ3) is 3.24. The van der Waals surface area contributed by atoms with Crippen LogP contribution in [-0.4, -0.2) is 28.6 Å². The molecule has 0 atom stereocenters. The van der Waals surface area contributed by atoms with Crippen molar-refractivity contribution in [1.29, 1.82) is 0 Å². The molecule has 19 heavy (non-hydrogen) atoms. The molecule has 0 radical (unpaired) electrons. The number of hydrogen-bond acceptors (Lipinski definition) is 5. The fraction of sp³-hybridized carbons (Fsp3) is 0.250. The molecule has 2 rings (SSSR count). The van der Waals surface area contributed by atoms with Gasteiger partial charge in [0.2, 0.25) is 5.95 Å². The Morgan fingerprint density at radius 3 is 2.68 bits per heavy atom. The van der Waals surface area contributed by atoms with Crippen LogP contribution in [-0.2, 0) is 0 Å². The van der Waals surface area contributed by atoms with Crippen LogP contribution in [0.2, 0.25) is 10.0 Å². The molecule has 5 nitrogen and oxygen atoms in total. The van der Waals surface area contributed by atoms with E-state index in [0.29, 0.717) is 34.0 Å². The van der Waals surface area contributed by atoms with Crippen molar-refractivity contribution in [3.8, 4) is 17.4 Å². The number of rotatable bonds is 4. The van der Waals surface area contributed by atoms with Crippen molar-refractivity contribution in [2.24, 2.45) is 0 Å². The van der Waals surface area contributed by atoms with E-state index in [9.17, 15) is 0 Å². The predicted molar refractivity (Wildman–Crippen MR) is 76.0 cm³/mol. The average Bonchev–Trinajstić information content (AvgIpc) is 2.41. The zero-order valence-corrected chi connectivity index (χ0v) is 12.0. The molecule has 0 fully saturated rings. The second-order valence-electron chi connectivity index (χ2n) is 3.57. The number of hydrogen-bond donors (Lipinski definition) is 1. The van der Waals surface area contributed by atoms with Gasteiger partial charge in [0.1, 0.15) is 0 Å². The summed E-state index contributed by atoms with van der Waals surface area (Å²) < 4.78 is 5.30. The van der Waals surface area contributed by atoms with E-state index in [4.69, 9.17) is 27.9 Å². The number of benzene rings is 1. The van der Waals surface area contributed by atoms with Gasteiger partial charge in [-0.3, -0.25) is 0 Å². The minimum absolute atomic E-state index is 0.243. The van der Waals surface area contributed by atoms with Crippen LogP contribution in [0.3, 0.4) is 0 Å². The molecule has 0 saturated heterocycles. The van der Waals surface area contributed by atoms with Crippen molar-refractivity contribution in [2.45, 2.75) is 6.92 Å². The lowest BCUT2D eigenvalue weighted by Gasteiger charge is -2.08. The van der Waals surface area contributed by atoms with Crippen LogP contribution in [0.1, 0.15) is 6.92 Å². The van der Waals surface area contributed by atoms with Gasteiger partial charge < -0.3 is 10.1 Å². The van der Waals surface area contributed by atoms with Crippen molar-refractivity contribution in [1.82, 2.24) is 15.0 Å². The minimum Gasteiger partial charge on any atom is -0.464 e. The Hall–Kier alpha value is -1.59. The van der Waals surface area contributed by atoms with Crippen LogP contribution < -0.4 is 10.1 Å². The van der Waals surface area contributed by atoms with Gasteiger partial charge in [-0.05, 0) is 25.1 Å². The van der Waals surface area contributed by atoms with E-state index < -0.39 is 0 Å². The van der Waals surface area contributed by atoms with Crippen molar-refractivity contribution >= 4 is 29.2 Å². The molecule has 1 N–H and O–H groups in total. The highest BCUT2D eigenvalue weighted by molar-refractivity contribution is 6.35. The molecule has 7 heteroatoms. The standard InChI is InChI=1S/C12H12Cl2N4O/c1-3-19-12-17-10(16-11(15-2)18-12)8-6-7(13)4-5-9(8)14/h4-6H,3H2,1-2H3,(H,15,16,17,18). The number of nitrogens with zero attached hydrogens (tertiary/aromatic N) is 3. The fourth-order valence-electron chi connectivity index (χ4n) is 1.45. The summed E-state index contributed by atoms with van der Waals surface area (Å²) >= 11 is 12.1. The van der Waals surface area contributed by atoms with Crippen molar-refractivity contribution in [2.75, 3.05) is 19.0 Å². The number of aromatic nitrogens is 3. The van der Waals surface area contributed by atoms with Gasteiger partial charge in [-0.15, -0.1) is 0 Å². The zero-order valence-electron chi connectivity index (χ0n) is 10.4. The van der Waals surface area contributed by atoms with Crippen LogP contribution in [0.4, 0.5) is 5.95 Å². The molecular weight excluding hydrogens is 287 g/mol. The minimum atomic E-state index is 0.243. The van der Waals surface area contributed by atoms with Crippen LogP contribution in [0.25, 0.3) is 11.4 Å². The van der Waals surface area contributed by atoms with Crippen LogP contribution in [0, 0.1) is 0 Å². The maximum absolute atomic E-state index is 6.14. The first-order valence-electron chi connectivity index (χ1n) is 5.66. The summed E-state index contributed by atoms with van der Waals surface area (Å²) in [4.78, 5) is 12.6. The lowest BCUT2D eigenvalue weighted by Crippen LogP contribution is -2.05. The maximum Gasteiger partial charge on any atom is 0.321 e. The second kappa shape index (κ2) is 6.04. The molecule has 100 valence electrons. The summed E-state index contributed by atoms with van der Waals surface area (Å²) in [6.45, 7) is 2.32. The largest absolute Gasteiger partial charge is 0.464 e. The summed E-state index contributed by atoms with van der Waals surface area (Å²) in [5.41, 5.74) is 0.633. The SMILES string of the molecule is CCOc1nc(NC)nc(-c2cc(Cl)ccc2Cl)n1. The van der Waals surface area contributed by atoms with Gasteiger partial charge in [0.05, 0.1) is 11.6 Å². The lowest BCUT2D eigenvalue weighted by atomic mass is 10.2. The molecular formula is C12H12Cl2N4O. The van der Waals surface area contributed by atoms with Gasteiger partial charge in [0.25, 0.3) is 0 Å². The van der Waals surface area contributed by atoms with Crippen LogP contribution >= 0.6 is 23.2 Å². The Morgan fingerprint density at radius 1 is 1.21 bits per heavy atom. The quantitative estimate of drug-likeness (QED) is 0.938. The van der Waals surface area contributed by atoms with Gasteiger partial charge in [0.15, 0.2) is 5.82 Å². The van der Waals surface area contributed by atoms with E-state index >= 15 is 0 Å². The molecule has 0 saturated carbocycles. The van der Waals surface area contributed by atoms with Gasteiger partial charge in [-0.1, -0.05) is 23.2 Å². The Labute approximate surface area is 121 Å². The third-order valence-corrected chi connectivity index (χ3v) is 2.85. The molecule has 0 bridgehead atoms. The highest BCUT2D eigenvalue weighted by Gasteiger charge is 2.12. The predicted octanol–water partition coefficient (Wildman–Crippen LogP) is 3.29. The molecule has 0 aliphatic heterocycles. The van der Waals surface area contributed by atoms with Crippen LogP contribution in [0.15, 0.2) is 18.2 Å². The first kappa shape index (κ1) is 13.8. The van der Waals surface area contributed by atoms with Crippen molar-refractivity contribution in [3.63, 3.8) is 0 Å². The van der Waals surface area contributed by atoms with Crippen molar-refractivity contribution < 1.29 is 4.74 Å². The first-order valence-corrected chi connectivity index (χ1v) is 6.41. The fourth-order valence-corrected chi connectivity index (χ4v) is 1.83. The molecule has 0 unspecified atom stereocenters. The van der Waals surface area contributed by atoms with Gasteiger partial charge in [-0.25, -0.2) is 0 Å². The zero-order chi connectivity index (χ0) is 13.8. The Bertz CT molecular complexity index is 592. The molecule has 2 aromatic rings. The van der Waals surface area contributed by atoms with Gasteiger partial charge in [-0.2, -0.15) is 15.0 Å². The highest BCUT2D eigenvalue weighted by Crippen LogP contribution is 2.29. The van der Waals surface area contributed by atoms with E-state index in [1.54, 1.807) is 25.2 Å². The number of anilines is 1. The molecule has 0 aliphatic rings. The Balaban J connectivity index is 2.54. The van der Waals surface area contributed by atoms with Crippen LogP contribution in [0.5, 0.6) is 6.01 Å². The highest BCUT2D eigenvalue weighted by atomic mass is 35.5. The molecule has 1 aromatic carbocycles. The van der Waals surface area contributed by atoms with E-state index in [1.165, 1.54) is 0 Å². The molecule has 1 aromatic heterocycles. The summed E-state index contributed by atoms with van der Waals surface area (Å²) in [6, 6.07) is 5.35. The monoisotopic (exact) mass is 298 g/mol. The smallest absolute Gasteiger partial charge is 0.321 e. The van der Waals surface area contributed by atoms with E-state index in [2.05, 4.69) is 20.3 Å². The summed E-state index contributed by atoms with van der Waals surface area (Å²) in [7, 11) is 1.72. The van der Waals surface area contributed by atoms with E-state index in [-0.39, 0.29) is 6.01 Å². The average molecular weight is 299 g/mol. The Kier molecular flexibility index (Phi) is 4.39. The summed E-state index contributed by atoms with van der Waals surface area (Å²) in [6.07, 6.45) is 0. The van der Waals surface area contributed by atoms with E-state index in [0.717, 1.165) is 0 Å². The Morgan fingerprint density at radius 2 is 2.00 bits per heavy atom. The van der Waals surface area contributed by atoms with Gasteiger partial charge >= 0.3 is 6.01 Å². The molecule has 0 amide bonds. The third-order valence-electron chi connectivity index (χ3n) is 2.28. The second-order valence-corrected chi connectivity index (χ2v) is 4.42. The molecule has 1 heterocycles. The van der Waals surface area contributed by atoms with Gasteiger partial charge in [0, 0.05) is 17.6 Å². The summed E-state index contributed by atoms with van der Waals surface area (Å²) in [5, 5.41) is 3.92. The number of nitrogens with one attached hydrogen (secondary N) is 1. The topological polar surface area (TPSA) is 59.9 Å². The van der Waals surface area contributed by atoms with E-state index in [1.807, 2.05) is 6.92 Å². The first-order chi connectivity index (χ1) is 9.13. The summed E-state index contributed by atoms with van der Waals surface area (Å²) in [5.74, 6) is 0.819. The number of halogens is 2. The maximum atomic E-state index is 6.14. The number of ether oxygens (including phenoxy) is 1. The lowest BCUT2D eigenvalue weighted by molar-refractivity contribution is 0.312. The van der Waals surface area contributed by atoms with Crippen molar-refractivity contribution in [3.05, 3.63) is 28.2 Å². The molecule has 0 spiro atoms.